The molecule has 0 aliphatic carbocycles. The minimum absolute atomic E-state index is 0.0956. The highest BCUT2D eigenvalue weighted by atomic mass is 32.1. The van der Waals surface area contributed by atoms with Crippen LogP contribution in [-0.2, 0) is 9.47 Å². The van der Waals surface area contributed by atoms with Gasteiger partial charge in [-0.25, -0.2) is 0 Å². The molecule has 1 aliphatic heterocycles. The van der Waals surface area contributed by atoms with Crippen molar-refractivity contribution >= 4 is 34.8 Å². The summed E-state index contributed by atoms with van der Waals surface area (Å²) in [6, 6.07) is 13.7. The molecule has 1 saturated heterocycles. The Morgan fingerprint density at radius 3 is 2.64 bits per heavy atom. The summed E-state index contributed by atoms with van der Waals surface area (Å²) in [6.07, 6.45) is 2.10. The van der Waals surface area contributed by atoms with E-state index in [2.05, 4.69) is 16.0 Å². The van der Waals surface area contributed by atoms with Crippen molar-refractivity contribution in [2.45, 2.75) is 25.9 Å². The second-order valence-corrected chi connectivity index (χ2v) is 7.81. The quantitative estimate of drug-likeness (QED) is 0.362. The van der Waals surface area contributed by atoms with Crippen molar-refractivity contribution in [1.29, 1.82) is 0 Å². The largest absolute Gasteiger partial charge is 0.491 e. The van der Waals surface area contributed by atoms with Gasteiger partial charge in [0.05, 0.1) is 12.7 Å². The van der Waals surface area contributed by atoms with Crippen molar-refractivity contribution in [1.82, 2.24) is 10.6 Å². The van der Waals surface area contributed by atoms with Crippen LogP contribution in [0.2, 0.25) is 0 Å². The van der Waals surface area contributed by atoms with Gasteiger partial charge in [-0.3, -0.25) is 14.9 Å². The first-order chi connectivity index (χ1) is 16.0. The number of hydrogen-bond donors (Lipinski definition) is 3. The van der Waals surface area contributed by atoms with Gasteiger partial charge in [-0.1, -0.05) is 6.07 Å². The van der Waals surface area contributed by atoms with Gasteiger partial charge >= 0.3 is 0 Å². The van der Waals surface area contributed by atoms with E-state index in [-0.39, 0.29) is 23.0 Å². The molecule has 0 spiro atoms. The van der Waals surface area contributed by atoms with E-state index in [4.69, 9.17) is 26.4 Å². The summed E-state index contributed by atoms with van der Waals surface area (Å²) in [4.78, 5) is 24.8. The van der Waals surface area contributed by atoms with Gasteiger partial charge in [-0.15, -0.1) is 0 Å². The molecule has 33 heavy (non-hydrogen) atoms. The predicted molar refractivity (Wildman–Crippen MR) is 130 cm³/mol. The lowest BCUT2D eigenvalue weighted by atomic mass is 10.2. The molecule has 8 nitrogen and oxygen atoms in total. The Balaban J connectivity index is 1.46. The first kappa shape index (κ1) is 24.6. The normalized spacial score (nSPS) is 15.0. The lowest BCUT2D eigenvalue weighted by Crippen LogP contribution is -2.34. The van der Waals surface area contributed by atoms with E-state index < -0.39 is 0 Å². The highest BCUT2D eigenvalue weighted by Gasteiger charge is 2.16. The number of benzene rings is 2. The van der Waals surface area contributed by atoms with Crippen molar-refractivity contribution in [3.05, 3.63) is 59.7 Å². The SMILES string of the molecule is CCOCCOc1cccc(C(=O)NC(=S)Nc2ccc(C(=O)NCC3CCCO3)cc2)c1. The molecule has 1 unspecified atom stereocenters. The summed E-state index contributed by atoms with van der Waals surface area (Å²) in [7, 11) is 0. The standard InChI is InChI=1S/C24H29N3O5S/c1-2-30-13-14-32-20-6-3-5-18(15-20)23(29)27-24(33)26-19-10-8-17(9-11-19)22(28)25-16-21-7-4-12-31-21/h3,5-6,8-11,15,21H,2,4,7,12-14,16H2,1H3,(H,25,28)(H2,26,27,29,33). The van der Waals surface area contributed by atoms with E-state index in [1.165, 1.54) is 0 Å². The third kappa shape index (κ3) is 8.12. The minimum atomic E-state index is -0.354. The topological polar surface area (TPSA) is 97.9 Å². The smallest absolute Gasteiger partial charge is 0.257 e. The molecule has 3 rings (SSSR count). The summed E-state index contributed by atoms with van der Waals surface area (Å²) >= 11 is 5.25. The van der Waals surface area contributed by atoms with Crippen LogP contribution in [0.25, 0.3) is 0 Å². The van der Waals surface area contributed by atoms with Crippen LogP contribution in [0.5, 0.6) is 5.75 Å². The van der Waals surface area contributed by atoms with Crippen LogP contribution in [-0.4, -0.2) is 56.0 Å². The third-order valence-electron chi connectivity index (χ3n) is 4.94. The monoisotopic (exact) mass is 471 g/mol. The molecule has 2 aromatic rings. The van der Waals surface area contributed by atoms with Crippen molar-refractivity contribution in [2.75, 3.05) is 38.3 Å². The van der Waals surface area contributed by atoms with Crippen LogP contribution in [0.15, 0.2) is 48.5 Å². The molecule has 2 amide bonds. The molecule has 1 atom stereocenters. The minimum Gasteiger partial charge on any atom is -0.491 e. The van der Waals surface area contributed by atoms with Gasteiger partial charge < -0.3 is 24.8 Å². The van der Waals surface area contributed by atoms with Gasteiger partial charge in [0.1, 0.15) is 12.4 Å². The maximum atomic E-state index is 12.5. The zero-order chi connectivity index (χ0) is 23.5. The van der Waals surface area contributed by atoms with Crippen LogP contribution in [0.4, 0.5) is 5.69 Å². The van der Waals surface area contributed by atoms with E-state index in [0.29, 0.717) is 48.9 Å². The molecule has 2 aromatic carbocycles. The van der Waals surface area contributed by atoms with Crippen LogP contribution in [0.3, 0.4) is 0 Å². The summed E-state index contributed by atoms with van der Waals surface area (Å²) in [5.41, 5.74) is 1.62. The van der Waals surface area contributed by atoms with Crippen molar-refractivity contribution in [2.24, 2.45) is 0 Å². The molecule has 1 fully saturated rings. The fourth-order valence-electron chi connectivity index (χ4n) is 3.25. The molecular formula is C24H29N3O5S. The number of nitrogens with one attached hydrogen (secondary N) is 3. The number of thiocarbonyl (C=S) groups is 1. The second kappa shape index (κ2) is 12.9. The van der Waals surface area contributed by atoms with Gasteiger partial charge in [0.15, 0.2) is 5.11 Å². The van der Waals surface area contributed by atoms with Gasteiger partial charge in [-0.2, -0.15) is 0 Å². The molecule has 0 radical (unpaired) electrons. The van der Waals surface area contributed by atoms with Crippen molar-refractivity contribution in [3.63, 3.8) is 0 Å². The Hall–Kier alpha value is -3.01. The number of ether oxygens (including phenoxy) is 3. The highest BCUT2D eigenvalue weighted by Crippen LogP contribution is 2.14. The van der Waals surface area contributed by atoms with E-state index in [1.54, 1.807) is 48.5 Å². The fourth-order valence-corrected chi connectivity index (χ4v) is 3.46. The first-order valence-electron chi connectivity index (χ1n) is 11.0. The molecule has 1 heterocycles. The molecule has 0 aromatic heterocycles. The van der Waals surface area contributed by atoms with E-state index >= 15 is 0 Å². The number of hydrogen-bond acceptors (Lipinski definition) is 6. The summed E-state index contributed by atoms with van der Waals surface area (Å²) in [5.74, 6) is 0.0683. The molecule has 0 saturated carbocycles. The Labute approximate surface area is 199 Å². The number of rotatable bonds is 10. The van der Waals surface area contributed by atoms with Crippen LogP contribution in [0, 0.1) is 0 Å². The Bertz CT molecular complexity index is 945. The van der Waals surface area contributed by atoms with Gasteiger partial charge in [0.25, 0.3) is 11.8 Å². The number of carbonyl (C=O) groups excluding carboxylic acids is 2. The van der Waals surface area contributed by atoms with Crippen molar-refractivity contribution in [3.8, 4) is 5.75 Å². The summed E-state index contributed by atoms with van der Waals surface area (Å²) in [5, 5.41) is 8.63. The zero-order valence-corrected chi connectivity index (χ0v) is 19.4. The molecule has 176 valence electrons. The lowest BCUT2D eigenvalue weighted by molar-refractivity contribution is 0.0857. The maximum Gasteiger partial charge on any atom is 0.257 e. The lowest BCUT2D eigenvalue weighted by Gasteiger charge is -2.12. The fraction of sp³-hybridized carbons (Fsp3) is 0.375. The van der Waals surface area contributed by atoms with Crippen LogP contribution < -0.4 is 20.7 Å². The average molecular weight is 472 g/mol. The zero-order valence-electron chi connectivity index (χ0n) is 18.6. The van der Waals surface area contributed by atoms with Crippen LogP contribution in [0.1, 0.15) is 40.5 Å². The first-order valence-corrected chi connectivity index (χ1v) is 11.4. The highest BCUT2D eigenvalue weighted by molar-refractivity contribution is 7.80. The molecule has 3 N–H and O–H groups in total. The molecule has 0 bridgehead atoms. The predicted octanol–water partition coefficient (Wildman–Crippen LogP) is 3.14. The maximum absolute atomic E-state index is 12.5. The second-order valence-electron chi connectivity index (χ2n) is 7.40. The van der Waals surface area contributed by atoms with E-state index in [1.807, 2.05) is 6.92 Å². The number of carbonyl (C=O) groups is 2. The molecule has 1 aliphatic rings. The van der Waals surface area contributed by atoms with E-state index in [9.17, 15) is 9.59 Å². The number of anilines is 1. The third-order valence-corrected chi connectivity index (χ3v) is 5.15. The van der Waals surface area contributed by atoms with Crippen molar-refractivity contribution < 1.29 is 23.8 Å². The van der Waals surface area contributed by atoms with Gasteiger partial charge in [0.2, 0.25) is 0 Å². The van der Waals surface area contributed by atoms with Gasteiger partial charge in [-0.05, 0) is 74.4 Å². The van der Waals surface area contributed by atoms with Crippen LogP contribution >= 0.6 is 12.2 Å². The summed E-state index contributed by atoms with van der Waals surface area (Å²) in [6.45, 7) is 4.69. The Morgan fingerprint density at radius 1 is 1.09 bits per heavy atom. The molecule has 9 heteroatoms. The van der Waals surface area contributed by atoms with Gasteiger partial charge in [0, 0.05) is 36.6 Å². The average Bonchev–Trinajstić information content (AvgIpc) is 3.35. The number of amides is 2. The summed E-state index contributed by atoms with van der Waals surface area (Å²) < 4.78 is 16.3. The van der Waals surface area contributed by atoms with E-state index in [0.717, 1.165) is 19.4 Å². The Morgan fingerprint density at radius 2 is 1.91 bits per heavy atom. The Kier molecular flexibility index (Phi) is 9.61. The molecular weight excluding hydrogens is 442 g/mol.